The molecule has 1 aromatic heterocycles. The molecule has 1 N–H and O–H groups in total. The predicted octanol–water partition coefficient (Wildman–Crippen LogP) is 2.89. The van der Waals surface area contributed by atoms with Gasteiger partial charge in [0.05, 0.1) is 17.8 Å². The second-order valence-electron chi connectivity index (χ2n) is 4.60. The summed E-state index contributed by atoms with van der Waals surface area (Å²) in [5.41, 5.74) is 2.56. The number of benzene rings is 1. The first kappa shape index (κ1) is 14.2. The lowest BCUT2D eigenvalue weighted by atomic mass is 10.1. The molecule has 0 fully saturated rings. The van der Waals surface area contributed by atoms with Gasteiger partial charge in [-0.25, -0.2) is 9.18 Å². The summed E-state index contributed by atoms with van der Waals surface area (Å²) < 4.78 is 15.0. The molecule has 1 heterocycles. The van der Waals surface area contributed by atoms with E-state index in [-0.39, 0.29) is 5.56 Å². The van der Waals surface area contributed by atoms with Crippen molar-refractivity contribution in [2.45, 2.75) is 33.2 Å². The average Bonchev–Trinajstić information content (AvgIpc) is 2.82. The van der Waals surface area contributed by atoms with E-state index in [0.29, 0.717) is 12.1 Å². The molecule has 0 atom stereocenters. The lowest BCUT2D eigenvalue weighted by molar-refractivity contribution is 0.0695. The number of carboxylic acid groups (broad SMARTS) is 1. The number of hydrogen-bond acceptors (Lipinski definition) is 2. The second-order valence-corrected chi connectivity index (χ2v) is 4.60. The van der Waals surface area contributed by atoms with Crippen molar-refractivity contribution in [2.75, 3.05) is 0 Å². The molecule has 2 aromatic rings. The zero-order chi connectivity index (χ0) is 14.7. The number of aromatic nitrogens is 2. The van der Waals surface area contributed by atoms with Crippen LogP contribution in [0, 0.1) is 5.82 Å². The van der Waals surface area contributed by atoms with Gasteiger partial charge in [-0.15, -0.1) is 0 Å². The van der Waals surface area contributed by atoms with Crippen LogP contribution in [0.3, 0.4) is 0 Å². The lowest BCUT2D eigenvalue weighted by Gasteiger charge is -2.09. The number of carboxylic acids is 1. The fourth-order valence-electron chi connectivity index (χ4n) is 2.16. The van der Waals surface area contributed by atoms with Gasteiger partial charge in [0.2, 0.25) is 0 Å². The van der Waals surface area contributed by atoms with E-state index in [1.54, 1.807) is 4.68 Å². The summed E-state index contributed by atoms with van der Waals surface area (Å²) in [5.74, 6) is -1.67. The highest BCUT2D eigenvalue weighted by Gasteiger charge is 2.13. The summed E-state index contributed by atoms with van der Waals surface area (Å²) in [6.45, 7) is 4.38. The summed E-state index contributed by atoms with van der Waals surface area (Å²) in [6, 6.07) is 5.85. The van der Waals surface area contributed by atoms with E-state index in [2.05, 4.69) is 5.10 Å². The van der Waals surface area contributed by atoms with E-state index in [1.807, 2.05) is 19.9 Å². The van der Waals surface area contributed by atoms with Gasteiger partial charge in [0.1, 0.15) is 5.82 Å². The van der Waals surface area contributed by atoms with Gasteiger partial charge in [0, 0.05) is 5.69 Å². The molecule has 0 unspecified atom stereocenters. The Balaban J connectivity index is 2.39. The second kappa shape index (κ2) is 5.86. The van der Waals surface area contributed by atoms with Crippen molar-refractivity contribution in [1.29, 1.82) is 0 Å². The highest BCUT2D eigenvalue weighted by atomic mass is 19.1. The number of aryl methyl sites for hydroxylation is 2. The number of carbonyl (C=O) groups is 1. The molecule has 0 aliphatic heterocycles. The van der Waals surface area contributed by atoms with Gasteiger partial charge in [-0.2, -0.15) is 5.10 Å². The van der Waals surface area contributed by atoms with E-state index < -0.39 is 11.8 Å². The van der Waals surface area contributed by atoms with E-state index in [4.69, 9.17) is 5.11 Å². The minimum atomic E-state index is -1.12. The monoisotopic (exact) mass is 276 g/mol. The molecular weight excluding hydrogens is 259 g/mol. The van der Waals surface area contributed by atoms with Crippen LogP contribution in [0.1, 0.15) is 41.2 Å². The summed E-state index contributed by atoms with van der Waals surface area (Å²) in [5, 5.41) is 13.6. The van der Waals surface area contributed by atoms with Crippen LogP contribution in [-0.4, -0.2) is 20.9 Å². The molecule has 5 heteroatoms. The van der Waals surface area contributed by atoms with Crippen molar-refractivity contribution in [2.24, 2.45) is 0 Å². The van der Waals surface area contributed by atoms with E-state index in [0.717, 1.165) is 30.3 Å². The molecular formula is C15H17FN2O2. The van der Waals surface area contributed by atoms with E-state index in [9.17, 15) is 9.18 Å². The first-order valence-corrected chi connectivity index (χ1v) is 6.62. The topological polar surface area (TPSA) is 55.1 Å². The van der Waals surface area contributed by atoms with Gasteiger partial charge >= 0.3 is 5.97 Å². The van der Waals surface area contributed by atoms with Crippen LogP contribution in [0.4, 0.5) is 4.39 Å². The van der Waals surface area contributed by atoms with Crippen molar-refractivity contribution >= 4 is 5.97 Å². The summed E-state index contributed by atoms with van der Waals surface area (Å²) in [7, 11) is 0. The molecule has 4 nitrogen and oxygen atoms in total. The van der Waals surface area contributed by atoms with Gasteiger partial charge in [0.15, 0.2) is 0 Å². The van der Waals surface area contributed by atoms with Crippen LogP contribution in [0.5, 0.6) is 0 Å². The highest BCUT2D eigenvalue weighted by molar-refractivity contribution is 5.89. The minimum Gasteiger partial charge on any atom is -0.478 e. The third-order valence-electron chi connectivity index (χ3n) is 3.26. The van der Waals surface area contributed by atoms with E-state index in [1.165, 1.54) is 12.1 Å². The summed E-state index contributed by atoms with van der Waals surface area (Å²) in [4.78, 5) is 11.2. The summed E-state index contributed by atoms with van der Waals surface area (Å²) in [6.07, 6.45) is 1.64. The lowest BCUT2D eigenvalue weighted by Crippen LogP contribution is -2.11. The van der Waals surface area contributed by atoms with Crippen molar-refractivity contribution < 1.29 is 14.3 Å². The Labute approximate surface area is 116 Å². The van der Waals surface area contributed by atoms with Gasteiger partial charge in [-0.1, -0.05) is 19.9 Å². The van der Waals surface area contributed by atoms with Gasteiger partial charge in [-0.05, 0) is 36.6 Å². The van der Waals surface area contributed by atoms with Crippen LogP contribution in [0.15, 0.2) is 24.3 Å². The van der Waals surface area contributed by atoms with Crippen molar-refractivity contribution in [3.05, 3.63) is 52.6 Å². The maximum absolute atomic E-state index is 13.2. The Bertz CT molecular complexity index is 635. The van der Waals surface area contributed by atoms with Crippen molar-refractivity contribution in [1.82, 2.24) is 9.78 Å². The van der Waals surface area contributed by atoms with Gasteiger partial charge in [0.25, 0.3) is 0 Å². The Kier molecular flexibility index (Phi) is 4.17. The zero-order valence-electron chi connectivity index (χ0n) is 11.6. The average molecular weight is 276 g/mol. The molecule has 0 aliphatic rings. The molecule has 1 aromatic carbocycles. The molecule has 2 rings (SSSR count). The van der Waals surface area contributed by atoms with Crippen LogP contribution in [0.25, 0.3) is 0 Å². The predicted molar refractivity (Wildman–Crippen MR) is 73.4 cm³/mol. The number of nitrogens with zero attached hydrogens (tertiary/aromatic N) is 2. The fraction of sp³-hybridized carbons (Fsp3) is 0.333. The standard InChI is InChI=1S/C15H17FN2O2/c1-3-12-8-13(4-2)18(17-12)9-10-5-6-11(16)7-14(10)15(19)20/h5-8H,3-4,9H2,1-2H3,(H,19,20). The Morgan fingerprint density at radius 3 is 2.65 bits per heavy atom. The molecule has 0 saturated carbocycles. The highest BCUT2D eigenvalue weighted by Crippen LogP contribution is 2.15. The normalized spacial score (nSPS) is 10.8. The smallest absolute Gasteiger partial charge is 0.336 e. The van der Waals surface area contributed by atoms with Crippen LogP contribution < -0.4 is 0 Å². The van der Waals surface area contributed by atoms with E-state index >= 15 is 0 Å². The molecule has 20 heavy (non-hydrogen) atoms. The maximum atomic E-state index is 13.2. The molecule has 0 saturated heterocycles. The third-order valence-corrected chi connectivity index (χ3v) is 3.26. The Morgan fingerprint density at radius 2 is 2.05 bits per heavy atom. The SMILES string of the molecule is CCc1cc(CC)n(Cc2ccc(F)cc2C(=O)O)n1. The van der Waals surface area contributed by atoms with Crippen molar-refractivity contribution in [3.8, 4) is 0 Å². The van der Waals surface area contributed by atoms with Crippen LogP contribution in [0.2, 0.25) is 0 Å². The number of aromatic carboxylic acids is 1. The van der Waals surface area contributed by atoms with Gasteiger partial charge in [-0.3, -0.25) is 4.68 Å². The molecule has 0 amide bonds. The van der Waals surface area contributed by atoms with Gasteiger partial charge < -0.3 is 5.11 Å². The van der Waals surface area contributed by atoms with Crippen LogP contribution >= 0.6 is 0 Å². The van der Waals surface area contributed by atoms with Crippen LogP contribution in [-0.2, 0) is 19.4 Å². The first-order chi connectivity index (χ1) is 9.55. The summed E-state index contributed by atoms with van der Waals surface area (Å²) >= 11 is 0. The fourth-order valence-corrected chi connectivity index (χ4v) is 2.16. The maximum Gasteiger partial charge on any atom is 0.336 e. The minimum absolute atomic E-state index is 0.0133. The first-order valence-electron chi connectivity index (χ1n) is 6.62. The molecule has 0 bridgehead atoms. The number of halogens is 1. The molecule has 0 aliphatic carbocycles. The third kappa shape index (κ3) is 2.87. The number of rotatable bonds is 5. The molecule has 0 spiro atoms. The zero-order valence-corrected chi connectivity index (χ0v) is 11.6. The molecule has 106 valence electrons. The Morgan fingerprint density at radius 1 is 1.30 bits per heavy atom. The van der Waals surface area contributed by atoms with Crippen molar-refractivity contribution in [3.63, 3.8) is 0 Å². The quantitative estimate of drug-likeness (QED) is 0.913. The molecule has 0 radical (unpaired) electrons. The number of hydrogen-bond donors (Lipinski definition) is 1. The Hall–Kier alpha value is -2.17. The largest absolute Gasteiger partial charge is 0.478 e.